The molecule has 2 aromatic rings. The van der Waals surface area contributed by atoms with E-state index < -0.39 is 10.0 Å². The van der Waals surface area contributed by atoms with Crippen LogP contribution in [-0.2, 0) is 16.6 Å². The Hall–Kier alpha value is -0.440. The highest BCUT2D eigenvalue weighted by molar-refractivity contribution is 7.91. The van der Waals surface area contributed by atoms with Gasteiger partial charge in [0, 0.05) is 32.7 Å². The number of hydrogen-bond acceptors (Lipinski definition) is 5. The first-order chi connectivity index (χ1) is 10.1. The second-order valence-corrected chi connectivity index (χ2v) is 9.53. The molecule has 0 bridgehead atoms. The van der Waals surface area contributed by atoms with Gasteiger partial charge in [0.1, 0.15) is 4.21 Å². The molecule has 0 atom stereocenters. The van der Waals surface area contributed by atoms with Crippen LogP contribution in [0.5, 0.6) is 0 Å². The van der Waals surface area contributed by atoms with E-state index in [1.807, 2.05) is 0 Å². The van der Waals surface area contributed by atoms with E-state index >= 15 is 0 Å². The molecule has 0 unspecified atom stereocenters. The standard InChI is InChI=1S/C13H15ClN2O2S3/c14-12-1-2-13(20-12)21(17,18)16-6-4-15(5-7-16)9-11-3-8-19-10-11/h1-3,8,10H,4-7,9H2. The first-order valence-electron chi connectivity index (χ1n) is 6.54. The van der Waals surface area contributed by atoms with Crippen LogP contribution in [0.25, 0.3) is 0 Å². The number of sulfonamides is 1. The molecule has 0 saturated carbocycles. The van der Waals surface area contributed by atoms with E-state index in [2.05, 4.69) is 21.7 Å². The van der Waals surface area contributed by atoms with Crippen molar-refractivity contribution in [2.24, 2.45) is 0 Å². The molecular formula is C13H15ClN2O2S3. The molecule has 1 aliphatic heterocycles. The molecule has 4 nitrogen and oxygen atoms in total. The lowest BCUT2D eigenvalue weighted by Gasteiger charge is -2.33. The summed E-state index contributed by atoms with van der Waals surface area (Å²) in [6.45, 7) is 3.47. The van der Waals surface area contributed by atoms with Crippen LogP contribution in [0, 0.1) is 0 Å². The number of piperazine rings is 1. The maximum absolute atomic E-state index is 12.5. The van der Waals surface area contributed by atoms with Crippen LogP contribution >= 0.6 is 34.3 Å². The molecule has 2 aromatic heterocycles. The van der Waals surface area contributed by atoms with Crippen LogP contribution in [-0.4, -0.2) is 43.8 Å². The van der Waals surface area contributed by atoms with Crippen molar-refractivity contribution < 1.29 is 8.42 Å². The molecule has 8 heteroatoms. The normalized spacial score (nSPS) is 18.1. The highest BCUT2D eigenvalue weighted by atomic mass is 35.5. The summed E-state index contributed by atoms with van der Waals surface area (Å²) in [7, 11) is -3.38. The molecule has 1 fully saturated rings. The minimum atomic E-state index is -3.38. The lowest BCUT2D eigenvalue weighted by molar-refractivity contribution is 0.182. The maximum Gasteiger partial charge on any atom is 0.252 e. The molecule has 0 radical (unpaired) electrons. The summed E-state index contributed by atoms with van der Waals surface area (Å²) in [5, 5.41) is 4.20. The Morgan fingerprint density at radius 1 is 1.14 bits per heavy atom. The van der Waals surface area contributed by atoms with E-state index in [0.717, 1.165) is 31.0 Å². The third kappa shape index (κ3) is 3.49. The van der Waals surface area contributed by atoms with Gasteiger partial charge in [0.15, 0.2) is 0 Å². The average molecular weight is 363 g/mol. The van der Waals surface area contributed by atoms with Crippen molar-refractivity contribution in [1.82, 2.24) is 9.21 Å². The molecule has 0 N–H and O–H groups in total. The third-order valence-electron chi connectivity index (χ3n) is 3.46. The van der Waals surface area contributed by atoms with Gasteiger partial charge in [-0.1, -0.05) is 11.6 Å². The summed E-state index contributed by atoms with van der Waals surface area (Å²) in [4.78, 5) is 2.29. The number of thiophene rings is 2. The summed E-state index contributed by atoms with van der Waals surface area (Å²) in [6, 6.07) is 5.33. The van der Waals surface area contributed by atoms with E-state index in [1.165, 1.54) is 5.56 Å². The SMILES string of the molecule is O=S(=O)(c1ccc(Cl)s1)N1CCN(Cc2ccsc2)CC1. The van der Waals surface area contributed by atoms with E-state index in [0.29, 0.717) is 21.6 Å². The Morgan fingerprint density at radius 3 is 2.48 bits per heavy atom. The van der Waals surface area contributed by atoms with Gasteiger partial charge in [-0.3, -0.25) is 4.90 Å². The van der Waals surface area contributed by atoms with E-state index in [-0.39, 0.29) is 0 Å². The fourth-order valence-electron chi connectivity index (χ4n) is 2.33. The van der Waals surface area contributed by atoms with Crippen molar-refractivity contribution in [3.8, 4) is 0 Å². The minimum absolute atomic E-state index is 0.332. The van der Waals surface area contributed by atoms with Crippen LogP contribution in [0.4, 0.5) is 0 Å². The second kappa shape index (κ2) is 6.36. The van der Waals surface area contributed by atoms with Crippen molar-refractivity contribution in [2.45, 2.75) is 10.8 Å². The summed E-state index contributed by atoms with van der Waals surface area (Å²) in [5.41, 5.74) is 1.29. The molecule has 0 aromatic carbocycles. The topological polar surface area (TPSA) is 40.6 Å². The van der Waals surface area contributed by atoms with Gasteiger partial charge in [0.2, 0.25) is 0 Å². The number of hydrogen-bond donors (Lipinski definition) is 0. The van der Waals surface area contributed by atoms with Crippen molar-refractivity contribution in [3.63, 3.8) is 0 Å². The lowest BCUT2D eigenvalue weighted by atomic mass is 10.3. The first-order valence-corrected chi connectivity index (χ1v) is 10.1. The van der Waals surface area contributed by atoms with Gasteiger partial charge < -0.3 is 0 Å². The molecule has 3 heterocycles. The van der Waals surface area contributed by atoms with Gasteiger partial charge in [-0.2, -0.15) is 15.6 Å². The van der Waals surface area contributed by atoms with Crippen molar-refractivity contribution in [3.05, 3.63) is 38.9 Å². The Kier molecular flexibility index (Phi) is 4.68. The van der Waals surface area contributed by atoms with Crippen LogP contribution in [0.3, 0.4) is 0 Å². The van der Waals surface area contributed by atoms with Gasteiger partial charge in [-0.05, 0) is 34.5 Å². The van der Waals surface area contributed by atoms with Crippen molar-refractivity contribution in [2.75, 3.05) is 26.2 Å². The van der Waals surface area contributed by atoms with E-state index in [1.54, 1.807) is 27.8 Å². The Labute approximate surface area is 137 Å². The highest BCUT2D eigenvalue weighted by Crippen LogP contribution is 2.28. The first kappa shape index (κ1) is 15.5. The number of nitrogens with zero attached hydrogens (tertiary/aromatic N) is 2. The van der Waals surface area contributed by atoms with Crippen molar-refractivity contribution >= 4 is 44.3 Å². The Bertz CT molecular complexity index is 689. The summed E-state index contributed by atoms with van der Waals surface area (Å²) >= 11 is 8.64. The van der Waals surface area contributed by atoms with Crippen molar-refractivity contribution in [1.29, 1.82) is 0 Å². The zero-order valence-corrected chi connectivity index (χ0v) is 14.4. The predicted octanol–water partition coefficient (Wildman–Crippen LogP) is 2.97. The summed E-state index contributed by atoms with van der Waals surface area (Å²) in [5.74, 6) is 0. The molecule has 114 valence electrons. The largest absolute Gasteiger partial charge is 0.296 e. The Morgan fingerprint density at radius 2 is 1.90 bits per heavy atom. The molecule has 0 amide bonds. The van der Waals surface area contributed by atoms with Gasteiger partial charge in [-0.15, -0.1) is 11.3 Å². The van der Waals surface area contributed by atoms with Gasteiger partial charge in [0.05, 0.1) is 4.34 Å². The average Bonchev–Trinajstić information content (AvgIpc) is 3.11. The Balaban J connectivity index is 1.63. The zero-order valence-electron chi connectivity index (χ0n) is 11.2. The van der Waals surface area contributed by atoms with Crippen LogP contribution in [0.15, 0.2) is 33.2 Å². The number of halogens is 1. The minimum Gasteiger partial charge on any atom is -0.296 e. The quantitative estimate of drug-likeness (QED) is 0.839. The summed E-state index contributed by atoms with van der Waals surface area (Å²) < 4.78 is 27.4. The van der Waals surface area contributed by atoms with Gasteiger partial charge in [-0.25, -0.2) is 8.42 Å². The van der Waals surface area contributed by atoms with Gasteiger partial charge in [0.25, 0.3) is 10.0 Å². The smallest absolute Gasteiger partial charge is 0.252 e. The molecule has 1 saturated heterocycles. The summed E-state index contributed by atoms with van der Waals surface area (Å²) in [6.07, 6.45) is 0. The number of rotatable bonds is 4. The third-order valence-corrected chi connectivity index (χ3v) is 7.79. The lowest BCUT2D eigenvalue weighted by Crippen LogP contribution is -2.47. The van der Waals surface area contributed by atoms with Crippen LogP contribution < -0.4 is 0 Å². The maximum atomic E-state index is 12.5. The van der Waals surface area contributed by atoms with E-state index in [9.17, 15) is 8.42 Å². The monoisotopic (exact) mass is 362 g/mol. The van der Waals surface area contributed by atoms with Crippen LogP contribution in [0.2, 0.25) is 4.34 Å². The van der Waals surface area contributed by atoms with Gasteiger partial charge >= 0.3 is 0 Å². The highest BCUT2D eigenvalue weighted by Gasteiger charge is 2.29. The van der Waals surface area contributed by atoms with E-state index in [4.69, 9.17) is 11.6 Å². The molecular weight excluding hydrogens is 348 g/mol. The molecule has 0 aliphatic carbocycles. The van der Waals surface area contributed by atoms with Crippen LogP contribution in [0.1, 0.15) is 5.56 Å². The predicted molar refractivity (Wildman–Crippen MR) is 87.7 cm³/mol. The molecule has 21 heavy (non-hydrogen) atoms. The molecule has 0 spiro atoms. The molecule has 3 rings (SSSR count). The zero-order chi connectivity index (χ0) is 14.9. The fourth-order valence-corrected chi connectivity index (χ4v) is 6.05. The fraction of sp³-hybridized carbons (Fsp3) is 0.385. The molecule has 1 aliphatic rings. The second-order valence-electron chi connectivity index (χ2n) is 4.87.